The summed E-state index contributed by atoms with van der Waals surface area (Å²) in [5, 5.41) is 2.97. The number of unbranched alkanes of at least 4 members (excludes halogenated alkanes) is 1. The summed E-state index contributed by atoms with van der Waals surface area (Å²) < 4.78 is 12.8. The van der Waals surface area contributed by atoms with Crippen molar-refractivity contribution in [2.24, 2.45) is 5.73 Å². The zero-order valence-electron chi connectivity index (χ0n) is 12.4. The Morgan fingerprint density at radius 2 is 1.95 bits per heavy atom. The summed E-state index contributed by atoms with van der Waals surface area (Å²) in [4.78, 5) is 13.4. The Morgan fingerprint density at radius 1 is 1.35 bits per heavy atom. The van der Waals surface area contributed by atoms with Crippen molar-refractivity contribution in [2.75, 3.05) is 25.5 Å². The van der Waals surface area contributed by atoms with Crippen LogP contribution in [0.5, 0.6) is 0 Å². The maximum Gasteiger partial charge on any atom is 0.237 e. The lowest BCUT2D eigenvalue weighted by molar-refractivity contribution is -0.123. The molecule has 5 heteroatoms. The number of primary amides is 1. The Hall–Kier alpha value is -1.62. The molecule has 4 nitrogen and oxygen atoms in total. The van der Waals surface area contributed by atoms with E-state index in [0.717, 1.165) is 25.1 Å². The molecule has 0 saturated carbocycles. The van der Waals surface area contributed by atoms with Gasteiger partial charge < -0.3 is 16.0 Å². The Labute approximate surface area is 120 Å². The zero-order valence-corrected chi connectivity index (χ0v) is 12.4. The molecule has 112 valence electrons. The van der Waals surface area contributed by atoms with Gasteiger partial charge in [-0.3, -0.25) is 4.79 Å². The Balaban J connectivity index is 2.37. The lowest BCUT2D eigenvalue weighted by Crippen LogP contribution is -2.51. The third-order valence-electron chi connectivity index (χ3n) is 3.78. The van der Waals surface area contributed by atoms with Crippen molar-refractivity contribution in [3.8, 4) is 0 Å². The molecule has 1 rings (SSSR count). The minimum absolute atomic E-state index is 0.228. The molecule has 0 aromatic heterocycles. The lowest BCUT2D eigenvalue weighted by atomic mass is 9.94. The Bertz CT molecular complexity index is 435. The van der Waals surface area contributed by atoms with E-state index in [9.17, 15) is 9.18 Å². The number of nitrogens with one attached hydrogen (secondary N) is 1. The minimum atomic E-state index is -0.644. The second-order valence-corrected chi connectivity index (χ2v) is 5.30. The molecule has 1 unspecified atom stereocenters. The fourth-order valence-electron chi connectivity index (χ4n) is 2.02. The Morgan fingerprint density at radius 3 is 2.45 bits per heavy atom. The van der Waals surface area contributed by atoms with E-state index in [4.69, 9.17) is 5.73 Å². The smallest absolute Gasteiger partial charge is 0.237 e. The van der Waals surface area contributed by atoms with Gasteiger partial charge in [0.2, 0.25) is 5.91 Å². The van der Waals surface area contributed by atoms with Crippen molar-refractivity contribution >= 4 is 11.6 Å². The molecule has 0 spiro atoms. The van der Waals surface area contributed by atoms with Crippen LogP contribution in [0.15, 0.2) is 24.3 Å². The minimum Gasteiger partial charge on any atom is -0.375 e. The fourth-order valence-corrected chi connectivity index (χ4v) is 2.02. The van der Waals surface area contributed by atoms with Gasteiger partial charge in [0, 0.05) is 19.3 Å². The summed E-state index contributed by atoms with van der Waals surface area (Å²) in [7, 11) is 3.72. The average Bonchev–Trinajstić information content (AvgIpc) is 2.43. The fraction of sp³-hybridized carbons (Fsp3) is 0.533. The molecular formula is C15H24FN3O. The number of rotatable bonds is 8. The van der Waals surface area contributed by atoms with Gasteiger partial charge in [-0.25, -0.2) is 4.39 Å². The third kappa shape index (κ3) is 4.49. The highest BCUT2D eigenvalue weighted by Gasteiger charge is 2.27. The largest absolute Gasteiger partial charge is 0.375 e. The molecule has 1 aromatic carbocycles. The number of carbonyl (C=O) groups is 1. The maximum absolute atomic E-state index is 12.8. The number of amides is 1. The van der Waals surface area contributed by atoms with Crippen LogP contribution in [-0.4, -0.2) is 32.1 Å². The van der Waals surface area contributed by atoms with E-state index in [0.29, 0.717) is 6.42 Å². The molecule has 0 aliphatic rings. The number of benzene rings is 1. The first-order valence-corrected chi connectivity index (χ1v) is 6.84. The van der Waals surface area contributed by atoms with Gasteiger partial charge in [0.05, 0.1) is 5.54 Å². The lowest BCUT2D eigenvalue weighted by Gasteiger charge is -2.26. The molecule has 3 N–H and O–H groups in total. The van der Waals surface area contributed by atoms with Crippen LogP contribution in [0.1, 0.15) is 26.2 Å². The summed E-state index contributed by atoms with van der Waals surface area (Å²) in [5.74, 6) is -0.555. The summed E-state index contributed by atoms with van der Waals surface area (Å²) in [6.07, 6.45) is 2.54. The second kappa shape index (κ2) is 7.24. The molecule has 0 aliphatic heterocycles. The number of hydrogen-bond acceptors (Lipinski definition) is 3. The molecule has 0 saturated heterocycles. The van der Waals surface area contributed by atoms with Crippen LogP contribution in [-0.2, 0) is 4.79 Å². The van der Waals surface area contributed by atoms with Crippen molar-refractivity contribution < 1.29 is 9.18 Å². The molecule has 0 radical (unpaired) electrons. The first-order valence-electron chi connectivity index (χ1n) is 6.84. The zero-order chi connectivity index (χ0) is 15.2. The van der Waals surface area contributed by atoms with Crippen LogP contribution in [0.2, 0.25) is 0 Å². The summed E-state index contributed by atoms with van der Waals surface area (Å²) in [6, 6.07) is 6.43. The van der Waals surface area contributed by atoms with E-state index in [-0.39, 0.29) is 11.7 Å². The van der Waals surface area contributed by atoms with Crippen molar-refractivity contribution in [1.82, 2.24) is 5.32 Å². The topological polar surface area (TPSA) is 58.4 Å². The van der Waals surface area contributed by atoms with Gasteiger partial charge in [-0.15, -0.1) is 0 Å². The Kier molecular flexibility index (Phi) is 5.95. The third-order valence-corrected chi connectivity index (χ3v) is 3.78. The molecule has 1 aromatic rings. The predicted molar refractivity (Wildman–Crippen MR) is 80.2 cm³/mol. The number of anilines is 1. The highest BCUT2D eigenvalue weighted by atomic mass is 19.1. The number of nitrogens with two attached hydrogens (primary N) is 1. The number of carbonyl (C=O) groups excluding carboxylic acids is 1. The molecule has 1 amide bonds. The van der Waals surface area contributed by atoms with Gasteiger partial charge in [-0.1, -0.05) is 0 Å². The van der Waals surface area contributed by atoms with Gasteiger partial charge in [-0.05, 0) is 57.5 Å². The van der Waals surface area contributed by atoms with E-state index < -0.39 is 5.54 Å². The van der Waals surface area contributed by atoms with Crippen LogP contribution in [0.3, 0.4) is 0 Å². The summed E-state index contributed by atoms with van der Waals surface area (Å²) in [5.41, 5.74) is 5.72. The van der Waals surface area contributed by atoms with Crippen LogP contribution < -0.4 is 16.0 Å². The van der Waals surface area contributed by atoms with E-state index >= 15 is 0 Å². The SMILES string of the molecule is CNC(C)(CCCCN(C)c1ccc(F)cc1)C(N)=O. The van der Waals surface area contributed by atoms with Crippen LogP contribution >= 0.6 is 0 Å². The van der Waals surface area contributed by atoms with Crippen molar-refractivity contribution in [1.29, 1.82) is 0 Å². The normalized spacial score (nSPS) is 13.8. The molecule has 0 fully saturated rings. The standard InChI is InChI=1S/C15H24FN3O/c1-15(18-2,14(17)20)10-4-5-11-19(3)13-8-6-12(16)7-9-13/h6-9,18H,4-5,10-11H2,1-3H3,(H2,17,20). The van der Waals surface area contributed by atoms with E-state index in [2.05, 4.69) is 10.2 Å². The molecular weight excluding hydrogens is 257 g/mol. The molecule has 0 bridgehead atoms. The highest BCUT2D eigenvalue weighted by Crippen LogP contribution is 2.16. The van der Waals surface area contributed by atoms with Crippen molar-refractivity contribution in [2.45, 2.75) is 31.7 Å². The molecule has 0 heterocycles. The number of likely N-dealkylation sites (N-methyl/N-ethyl adjacent to an activating group) is 1. The molecule has 0 aliphatic carbocycles. The first-order chi connectivity index (χ1) is 9.39. The van der Waals surface area contributed by atoms with Gasteiger partial charge in [0.1, 0.15) is 5.82 Å². The van der Waals surface area contributed by atoms with Crippen LogP contribution in [0, 0.1) is 5.82 Å². The summed E-state index contributed by atoms with van der Waals surface area (Å²) >= 11 is 0. The van der Waals surface area contributed by atoms with E-state index in [1.165, 1.54) is 12.1 Å². The van der Waals surface area contributed by atoms with E-state index in [1.807, 2.05) is 14.0 Å². The van der Waals surface area contributed by atoms with Crippen molar-refractivity contribution in [3.63, 3.8) is 0 Å². The van der Waals surface area contributed by atoms with E-state index in [1.54, 1.807) is 19.2 Å². The van der Waals surface area contributed by atoms with Crippen LogP contribution in [0.25, 0.3) is 0 Å². The second-order valence-electron chi connectivity index (χ2n) is 5.30. The number of nitrogens with zero attached hydrogens (tertiary/aromatic N) is 1. The molecule has 1 atom stereocenters. The monoisotopic (exact) mass is 281 g/mol. The molecule has 20 heavy (non-hydrogen) atoms. The number of hydrogen-bond donors (Lipinski definition) is 2. The predicted octanol–water partition coefficient (Wildman–Crippen LogP) is 1.90. The van der Waals surface area contributed by atoms with Gasteiger partial charge in [-0.2, -0.15) is 0 Å². The van der Waals surface area contributed by atoms with Gasteiger partial charge in [0.15, 0.2) is 0 Å². The first kappa shape index (κ1) is 16.4. The summed E-state index contributed by atoms with van der Waals surface area (Å²) in [6.45, 7) is 2.67. The van der Waals surface area contributed by atoms with Gasteiger partial charge >= 0.3 is 0 Å². The number of halogens is 1. The van der Waals surface area contributed by atoms with Crippen LogP contribution in [0.4, 0.5) is 10.1 Å². The quantitative estimate of drug-likeness (QED) is 0.715. The van der Waals surface area contributed by atoms with Crippen molar-refractivity contribution in [3.05, 3.63) is 30.1 Å². The maximum atomic E-state index is 12.8. The van der Waals surface area contributed by atoms with Gasteiger partial charge in [0.25, 0.3) is 0 Å². The highest BCUT2D eigenvalue weighted by molar-refractivity contribution is 5.84. The average molecular weight is 281 g/mol.